The second-order valence-electron chi connectivity index (χ2n) is 3.36. The molecule has 0 radical (unpaired) electrons. The fourth-order valence-electron chi connectivity index (χ4n) is 1.30. The van der Waals surface area contributed by atoms with Crippen molar-refractivity contribution in [1.29, 1.82) is 0 Å². The quantitative estimate of drug-likeness (QED) is 0.770. The summed E-state index contributed by atoms with van der Waals surface area (Å²) in [5.74, 6) is 0.656. The van der Waals surface area contributed by atoms with Crippen molar-refractivity contribution in [2.45, 2.75) is 25.9 Å². The van der Waals surface area contributed by atoms with E-state index in [1.54, 1.807) is 13.0 Å². The Labute approximate surface area is 84.0 Å². The van der Waals surface area contributed by atoms with Crippen molar-refractivity contribution in [2.24, 2.45) is 0 Å². The van der Waals surface area contributed by atoms with E-state index in [0.717, 1.165) is 5.56 Å². The molecule has 1 atom stereocenters. The van der Waals surface area contributed by atoms with Crippen LogP contribution in [0.2, 0.25) is 0 Å². The van der Waals surface area contributed by atoms with Crippen molar-refractivity contribution < 1.29 is 14.9 Å². The van der Waals surface area contributed by atoms with Gasteiger partial charge >= 0.3 is 0 Å². The summed E-state index contributed by atoms with van der Waals surface area (Å²) in [6.45, 7) is 1.73. The molecule has 0 bridgehead atoms. The molecule has 3 heteroatoms. The maximum atomic E-state index is 9.70. The minimum Gasteiger partial charge on any atom is -0.504 e. The maximum absolute atomic E-state index is 9.70. The van der Waals surface area contributed by atoms with Crippen LogP contribution in [0, 0.1) is 0 Å². The summed E-state index contributed by atoms with van der Waals surface area (Å²) >= 11 is 0. The Bertz CT molecular complexity index is 295. The highest BCUT2D eigenvalue weighted by molar-refractivity contribution is 5.45. The molecular formula is C11H16O3. The summed E-state index contributed by atoms with van der Waals surface area (Å²) in [6.07, 6.45) is 0.946. The summed E-state index contributed by atoms with van der Waals surface area (Å²) in [5, 5.41) is 18.8. The van der Waals surface area contributed by atoms with Gasteiger partial charge in [0.25, 0.3) is 0 Å². The summed E-state index contributed by atoms with van der Waals surface area (Å²) in [6, 6.07) is 5.37. The summed E-state index contributed by atoms with van der Waals surface area (Å²) < 4.78 is 4.98. The van der Waals surface area contributed by atoms with Crippen LogP contribution in [-0.4, -0.2) is 23.4 Å². The summed E-state index contributed by atoms with van der Waals surface area (Å²) in [5.41, 5.74) is 0.810. The third kappa shape index (κ3) is 2.64. The first kappa shape index (κ1) is 10.9. The van der Waals surface area contributed by atoms with E-state index in [1.807, 2.05) is 12.1 Å². The average Bonchev–Trinajstić information content (AvgIpc) is 2.16. The van der Waals surface area contributed by atoms with E-state index in [4.69, 9.17) is 9.84 Å². The molecule has 0 aliphatic rings. The number of phenolic OH excluding ortho intramolecular Hbond substituents is 1. The van der Waals surface area contributed by atoms with Crippen LogP contribution >= 0.6 is 0 Å². The van der Waals surface area contributed by atoms with Crippen molar-refractivity contribution >= 4 is 0 Å². The number of aliphatic hydroxyl groups excluding tert-OH is 1. The number of hydrogen-bond acceptors (Lipinski definition) is 3. The first-order chi connectivity index (χ1) is 6.65. The number of phenols is 1. The molecule has 1 aromatic rings. The van der Waals surface area contributed by atoms with Gasteiger partial charge in [-0.25, -0.2) is 0 Å². The predicted octanol–water partition coefficient (Wildman–Crippen LogP) is 1.71. The summed E-state index contributed by atoms with van der Waals surface area (Å²) in [4.78, 5) is 0. The lowest BCUT2D eigenvalue weighted by Gasteiger charge is -2.09. The Morgan fingerprint density at radius 3 is 2.71 bits per heavy atom. The van der Waals surface area contributed by atoms with Gasteiger partial charge in [0.1, 0.15) is 0 Å². The van der Waals surface area contributed by atoms with Gasteiger partial charge in [-0.2, -0.15) is 0 Å². The second-order valence-corrected chi connectivity index (χ2v) is 3.36. The van der Waals surface area contributed by atoms with Crippen LogP contribution in [0.15, 0.2) is 18.2 Å². The Morgan fingerprint density at radius 2 is 2.14 bits per heavy atom. The first-order valence-electron chi connectivity index (χ1n) is 4.68. The van der Waals surface area contributed by atoms with Crippen LogP contribution in [-0.2, 0) is 6.42 Å². The zero-order chi connectivity index (χ0) is 10.6. The molecule has 0 spiro atoms. The Hall–Kier alpha value is -1.22. The molecule has 0 saturated heterocycles. The average molecular weight is 196 g/mol. The number of benzene rings is 1. The molecule has 1 unspecified atom stereocenters. The van der Waals surface area contributed by atoms with Gasteiger partial charge in [-0.3, -0.25) is 0 Å². The highest BCUT2D eigenvalue weighted by Crippen LogP contribution is 2.30. The third-order valence-electron chi connectivity index (χ3n) is 2.13. The molecule has 2 N–H and O–H groups in total. The van der Waals surface area contributed by atoms with Gasteiger partial charge in [-0.05, 0) is 31.4 Å². The number of ether oxygens (including phenoxy) is 1. The SMILES string of the molecule is COc1cccc(CCC(C)O)c1O. The van der Waals surface area contributed by atoms with Crippen LogP contribution in [0.1, 0.15) is 18.9 Å². The third-order valence-corrected chi connectivity index (χ3v) is 2.13. The number of rotatable bonds is 4. The molecule has 1 aromatic carbocycles. The molecule has 0 aliphatic carbocycles. The normalized spacial score (nSPS) is 12.5. The van der Waals surface area contributed by atoms with Crippen LogP contribution in [0.5, 0.6) is 11.5 Å². The zero-order valence-electron chi connectivity index (χ0n) is 8.53. The molecule has 0 heterocycles. The van der Waals surface area contributed by atoms with Crippen LogP contribution in [0.3, 0.4) is 0 Å². The van der Waals surface area contributed by atoms with Crippen molar-refractivity contribution in [3.63, 3.8) is 0 Å². The van der Waals surface area contributed by atoms with Crippen molar-refractivity contribution in [3.8, 4) is 11.5 Å². The second kappa shape index (κ2) is 4.86. The van der Waals surface area contributed by atoms with Gasteiger partial charge in [0, 0.05) is 0 Å². The molecule has 78 valence electrons. The lowest BCUT2D eigenvalue weighted by molar-refractivity contribution is 0.184. The molecule has 0 fully saturated rings. The van der Waals surface area contributed by atoms with Gasteiger partial charge < -0.3 is 14.9 Å². The van der Waals surface area contributed by atoms with Crippen LogP contribution in [0.4, 0.5) is 0 Å². The van der Waals surface area contributed by atoms with Gasteiger partial charge in [-0.15, -0.1) is 0 Å². The van der Waals surface area contributed by atoms with E-state index in [-0.39, 0.29) is 11.9 Å². The maximum Gasteiger partial charge on any atom is 0.160 e. The summed E-state index contributed by atoms with van der Waals surface area (Å²) in [7, 11) is 1.52. The molecule has 14 heavy (non-hydrogen) atoms. The fraction of sp³-hybridized carbons (Fsp3) is 0.455. The van der Waals surface area contributed by atoms with Crippen molar-refractivity contribution in [1.82, 2.24) is 0 Å². The predicted molar refractivity (Wildman–Crippen MR) is 54.7 cm³/mol. The van der Waals surface area contributed by atoms with Crippen LogP contribution < -0.4 is 4.74 Å². The lowest BCUT2D eigenvalue weighted by Crippen LogP contribution is -2.01. The van der Waals surface area contributed by atoms with E-state index in [2.05, 4.69) is 0 Å². The topological polar surface area (TPSA) is 49.7 Å². The zero-order valence-corrected chi connectivity index (χ0v) is 8.53. The highest BCUT2D eigenvalue weighted by Gasteiger charge is 2.07. The molecule has 0 saturated carbocycles. The molecule has 1 rings (SSSR count). The molecular weight excluding hydrogens is 180 g/mol. The molecule has 0 aliphatic heterocycles. The van der Waals surface area contributed by atoms with Gasteiger partial charge in [0.2, 0.25) is 0 Å². The number of para-hydroxylation sites is 1. The van der Waals surface area contributed by atoms with E-state index in [1.165, 1.54) is 7.11 Å². The van der Waals surface area contributed by atoms with Crippen LogP contribution in [0.25, 0.3) is 0 Å². The van der Waals surface area contributed by atoms with Crippen molar-refractivity contribution in [3.05, 3.63) is 23.8 Å². The number of aryl methyl sites for hydroxylation is 1. The largest absolute Gasteiger partial charge is 0.504 e. The Balaban J connectivity index is 2.76. The fourth-order valence-corrected chi connectivity index (χ4v) is 1.30. The number of aliphatic hydroxyl groups is 1. The van der Waals surface area contributed by atoms with E-state index >= 15 is 0 Å². The van der Waals surface area contributed by atoms with Gasteiger partial charge in [0.05, 0.1) is 13.2 Å². The Morgan fingerprint density at radius 1 is 1.43 bits per heavy atom. The molecule has 0 amide bonds. The smallest absolute Gasteiger partial charge is 0.160 e. The Kier molecular flexibility index (Phi) is 3.77. The number of aromatic hydroxyl groups is 1. The minimum absolute atomic E-state index is 0.177. The van der Waals surface area contributed by atoms with Crippen molar-refractivity contribution in [2.75, 3.05) is 7.11 Å². The number of hydrogen-bond donors (Lipinski definition) is 2. The van der Waals surface area contributed by atoms with Gasteiger partial charge in [-0.1, -0.05) is 12.1 Å². The first-order valence-corrected chi connectivity index (χ1v) is 4.68. The van der Waals surface area contributed by atoms with Gasteiger partial charge in [0.15, 0.2) is 11.5 Å². The standard InChI is InChI=1S/C11H16O3/c1-8(12)6-7-9-4-3-5-10(14-2)11(9)13/h3-5,8,12-13H,6-7H2,1-2H3. The van der Waals surface area contributed by atoms with E-state index in [0.29, 0.717) is 18.6 Å². The molecule has 0 aromatic heterocycles. The van der Waals surface area contributed by atoms with E-state index < -0.39 is 0 Å². The monoisotopic (exact) mass is 196 g/mol. The van der Waals surface area contributed by atoms with E-state index in [9.17, 15) is 5.11 Å². The molecule has 3 nitrogen and oxygen atoms in total. The highest BCUT2D eigenvalue weighted by atomic mass is 16.5. The number of methoxy groups -OCH3 is 1. The lowest BCUT2D eigenvalue weighted by atomic mass is 10.1. The minimum atomic E-state index is -0.347.